The Morgan fingerprint density at radius 1 is 1.17 bits per heavy atom. The molecule has 18 heavy (non-hydrogen) atoms. The molecule has 2 aromatic rings. The molecule has 0 bridgehead atoms. The number of rotatable bonds is 3. The summed E-state index contributed by atoms with van der Waals surface area (Å²) in [5.74, 6) is -0.219. The van der Waals surface area contributed by atoms with Gasteiger partial charge in [-0.15, -0.1) is 0 Å². The maximum atomic E-state index is 13.4. The molecule has 94 valence electrons. The predicted molar refractivity (Wildman–Crippen MR) is 71.0 cm³/mol. The number of aromatic nitrogens is 1. The Morgan fingerprint density at radius 3 is 2.61 bits per heavy atom. The van der Waals surface area contributed by atoms with E-state index in [0.29, 0.717) is 0 Å². The zero-order chi connectivity index (χ0) is 13.1. The van der Waals surface area contributed by atoms with Gasteiger partial charge in [-0.2, -0.15) is 0 Å². The summed E-state index contributed by atoms with van der Waals surface area (Å²) in [7, 11) is 1.86. The van der Waals surface area contributed by atoms with Crippen molar-refractivity contribution in [2.45, 2.75) is 19.9 Å². The van der Waals surface area contributed by atoms with Gasteiger partial charge in [-0.1, -0.05) is 6.07 Å². The summed E-state index contributed by atoms with van der Waals surface area (Å²) in [5, 5.41) is 3.20. The van der Waals surface area contributed by atoms with E-state index in [9.17, 15) is 4.39 Å². The minimum atomic E-state index is -0.219. The highest BCUT2D eigenvalue weighted by molar-refractivity contribution is 5.35. The second-order valence-corrected chi connectivity index (χ2v) is 4.48. The second-order valence-electron chi connectivity index (χ2n) is 4.48. The van der Waals surface area contributed by atoms with Crippen LogP contribution in [0, 0.1) is 19.7 Å². The number of nitrogens with one attached hydrogen (secondary N) is 1. The Labute approximate surface area is 107 Å². The zero-order valence-electron chi connectivity index (χ0n) is 10.9. The molecule has 1 unspecified atom stereocenters. The van der Waals surface area contributed by atoms with Crippen molar-refractivity contribution in [1.82, 2.24) is 10.3 Å². The normalized spacial score (nSPS) is 12.4. The summed E-state index contributed by atoms with van der Waals surface area (Å²) < 4.78 is 13.4. The van der Waals surface area contributed by atoms with Gasteiger partial charge in [-0.05, 0) is 61.9 Å². The summed E-state index contributed by atoms with van der Waals surface area (Å²) in [6.07, 6.45) is 1.78. The summed E-state index contributed by atoms with van der Waals surface area (Å²) in [6.45, 7) is 4.01. The molecule has 1 aromatic carbocycles. The number of hydrogen-bond acceptors (Lipinski definition) is 2. The monoisotopic (exact) mass is 244 g/mol. The van der Waals surface area contributed by atoms with E-state index < -0.39 is 0 Å². The van der Waals surface area contributed by atoms with Crippen LogP contribution in [0.5, 0.6) is 0 Å². The average molecular weight is 244 g/mol. The molecule has 1 heterocycles. The molecule has 1 N–H and O–H groups in total. The van der Waals surface area contributed by atoms with Crippen molar-refractivity contribution >= 4 is 0 Å². The summed E-state index contributed by atoms with van der Waals surface area (Å²) in [6, 6.07) is 8.74. The first-order valence-corrected chi connectivity index (χ1v) is 5.97. The van der Waals surface area contributed by atoms with Gasteiger partial charge in [0.05, 0.1) is 11.7 Å². The van der Waals surface area contributed by atoms with Crippen LogP contribution in [0.15, 0.2) is 36.5 Å². The standard InChI is InChI=1S/C15H17FN2/c1-10-6-7-18-14(8-10)15(17-3)13-9-12(16)5-4-11(13)2/h4-9,15,17H,1-3H3. The topological polar surface area (TPSA) is 24.9 Å². The van der Waals surface area contributed by atoms with Crippen LogP contribution >= 0.6 is 0 Å². The summed E-state index contributed by atoms with van der Waals surface area (Å²) >= 11 is 0. The lowest BCUT2D eigenvalue weighted by molar-refractivity contribution is 0.612. The Balaban J connectivity index is 2.48. The van der Waals surface area contributed by atoms with Gasteiger partial charge in [0, 0.05) is 6.20 Å². The third-order valence-corrected chi connectivity index (χ3v) is 3.07. The fourth-order valence-corrected chi connectivity index (χ4v) is 2.10. The molecule has 2 nitrogen and oxygen atoms in total. The van der Waals surface area contributed by atoms with Crippen molar-refractivity contribution in [3.8, 4) is 0 Å². The summed E-state index contributed by atoms with van der Waals surface area (Å²) in [4.78, 5) is 4.37. The lowest BCUT2D eigenvalue weighted by atomic mass is 9.97. The smallest absolute Gasteiger partial charge is 0.123 e. The molecule has 0 saturated heterocycles. The Morgan fingerprint density at radius 2 is 1.94 bits per heavy atom. The Hall–Kier alpha value is -1.74. The van der Waals surface area contributed by atoms with Crippen molar-refractivity contribution in [3.63, 3.8) is 0 Å². The van der Waals surface area contributed by atoms with Crippen molar-refractivity contribution < 1.29 is 4.39 Å². The minimum Gasteiger partial charge on any atom is -0.308 e. The van der Waals surface area contributed by atoms with E-state index in [0.717, 1.165) is 22.4 Å². The van der Waals surface area contributed by atoms with E-state index in [1.54, 1.807) is 18.3 Å². The van der Waals surface area contributed by atoms with Crippen molar-refractivity contribution in [2.75, 3.05) is 7.05 Å². The molecule has 0 fully saturated rings. The van der Waals surface area contributed by atoms with Crippen LogP contribution in [0.3, 0.4) is 0 Å². The van der Waals surface area contributed by atoms with Crippen LogP contribution in [0.2, 0.25) is 0 Å². The van der Waals surface area contributed by atoms with Crippen LogP contribution < -0.4 is 5.32 Å². The van der Waals surface area contributed by atoms with Gasteiger partial charge in [0.1, 0.15) is 5.82 Å². The lowest BCUT2D eigenvalue weighted by Gasteiger charge is -2.18. The molecule has 0 aliphatic carbocycles. The number of pyridine rings is 1. The number of benzene rings is 1. The minimum absolute atomic E-state index is 0.0828. The highest BCUT2D eigenvalue weighted by Gasteiger charge is 2.16. The largest absolute Gasteiger partial charge is 0.308 e. The number of hydrogen-bond donors (Lipinski definition) is 1. The quantitative estimate of drug-likeness (QED) is 0.897. The third kappa shape index (κ3) is 2.57. The van der Waals surface area contributed by atoms with Crippen LogP contribution in [0.1, 0.15) is 28.4 Å². The molecular formula is C15H17FN2. The van der Waals surface area contributed by atoms with Gasteiger partial charge in [0.25, 0.3) is 0 Å². The molecule has 2 rings (SSSR count). The van der Waals surface area contributed by atoms with E-state index in [1.165, 1.54) is 6.07 Å². The van der Waals surface area contributed by atoms with Crippen molar-refractivity contribution in [2.24, 2.45) is 0 Å². The number of halogens is 1. The van der Waals surface area contributed by atoms with Crippen LogP contribution in [0.4, 0.5) is 4.39 Å². The summed E-state index contributed by atoms with van der Waals surface area (Å²) in [5.41, 5.74) is 4.04. The zero-order valence-corrected chi connectivity index (χ0v) is 10.9. The molecule has 0 radical (unpaired) electrons. The van der Waals surface area contributed by atoms with E-state index in [1.807, 2.05) is 33.0 Å². The highest BCUT2D eigenvalue weighted by Crippen LogP contribution is 2.24. The van der Waals surface area contributed by atoms with Gasteiger partial charge >= 0.3 is 0 Å². The van der Waals surface area contributed by atoms with Gasteiger partial charge in [0.15, 0.2) is 0 Å². The maximum absolute atomic E-state index is 13.4. The number of nitrogens with zero attached hydrogens (tertiary/aromatic N) is 1. The van der Waals surface area contributed by atoms with E-state index in [-0.39, 0.29) is 11.9 Å². The first kappa shape index (κ1) is 12.7. The van der Waals surface area contributed by atoms with Gasteiger partial charge in [0.2, 0.25) is 0 Å². The molecule has 1 atom stereocenters. The van der Waals surface area contributed by atoms with Crippen LogP contribution in [0.25, 0.3) is 0 Å². The molecule has 0 saturated carbocycles. The maximum Gasteiger partial charge on any atom is 0.123 e. The highest BCUT2D eigenvalue weighted by atomic mass is 19.1. The fraction of sp³-hybridized carbons (Fsp3) is 0.267. The fourth-order valence-electron chi connectivity index (χ4n) is 2.10. The Bertz CT molecular complexity index is 552. The average Bonchev–Trinajstić information content (AvgIpc) is 2.35. The lowest BCUT2D eigenvalue weighted by Crippen LogP contribution is -2.20. The molecule has 1 aromatic heterocycles. The molecule has 3 heteroatoms. The molecular weight excluding hydrogens is 227 g/mol. The Kier molecular flexibility index (Phi) is 3.72. The second kappa shape index (κ2) is 5.27. The van der Waals surface area contributed by atoms with Crippen molar-refractivity contribution in [3.05, 3.63) is 64.7 Å². The SMILES string of the molecule is CNC(c1cc(C)ccn1)c1cc(F)ccc1C. The van der Waals surface area contributed by atoms with E-state index >= 15 is 0 Å². The van der Waals surface area contributed by atoms with Crippen LogP contribution in [-0.4, -0.2) is 12.0 Å². The molecule has 0 aliphatic rings. The van der Waals surface area contributed by atoms with E-state index in [4.69, 9.17) is 0 Å². The van der Waals surface area contributed by atoms with Gasteiger partial charge in [-0.25, -0.2) is 4.39 Å². The van der Waals surface area contributed by atoms with Crippen molar-refractivity contribution in [1.29, 1.82) is 0 Å². The molecule has 0 spiro atoms. The molecule has 0 aliphatic heterocycles. The third-order valence-electron chi connectivity index (χ3n) is 3.07. The molecule has 0 amide bonds. The van der Waals surface area contributed by atoms with Gasteiger partial charge < -0.3 is 5.32 Å². The first-order valence-electron chi connectivity index (χ1n) is 5.97. The number of aryl methyl sites for hydroxylation is 2. The van der Waals surface area contributed by atoms with Gasteiger partial charge in [-0.3, -0.25) is 4.98 Å². The predicted octanol–water partition coefficient (Wildman–Crippen LogP) is 3.15. The van der Waals surface area contributed by atoms with E-state index in [2.05, 4.69) is 10.3 Å². The van der Waals surface area contributed by atoms with Crippen LogP contribution in [-0.2, 0) is 0 Å². The first-order chi connectivity index (χ1) is 8.61.